The van der Waals surface area contributed by atoms with E-state index in [-0.39, 0.29) is 11.8 Å². The molecule has 2 unspecified atom stereocenters. The van der Waals surface area contributed by atoms with Crippen molar-refractivity contribution in [3.8, 4) is 5.75 Å². The average molecular weight is 205 g/mol. The van der Waals surface area contributed by atoms with Crippen LogP contribution in [0.1, 0.15) is 23.5 Å². The van der Waals surface area contributed by atoms with Gasteiger partial charge in [-0.2, -0.15) is 4.89 Å². The summed E-state index contributed by atoms with van der Waals surface area (Å²) in [5.74, 6) is 0.891. The molecule has 1 aliphatic heterocycles. The molecular formula is C11H11NO3. The Bertz CT molecular complexity index is 430. The third kappa shape index (κ3) is 1.37. The first-order valence-electron chi connectivity index (χ1n) is 4.97. The number of carbonyl (C=O) groups is 1. The van der Waals surface area contributed by atoms with Gasteiger partial charge in [0.1, 0.15) is 6.61 Å². The Kier molecular flexibility index (Phi) is 1.73. The van der Waals surface area contributed by atoms with Gasteiger partial charge in [0, 0.05) is 11.5 Å². The Morgan fingerprint density at radius 2 is 2.33 bits per heavy atom. The fourth-order valence-corrected chi connectivity index (χ4v) is 2.06. The number of amides is 1. The van der Waals surface area contributed by atoms with Gasteiger partial charge < -0.3 is 10.6 Å². The standard InChI is InChI=1S/C11H11NO3/c12-11(13)9-4-8(9)6-1-2-10-7(3-6)5-14-15-10/h1-3,8-9H,4-5H2,(H2,12,13). The lowest BCUT2D eigenvalue weighted by atomic mass is 10.1. The number of carbonyl (C=O) groups excluding carboxylic acids is 1. The van der Waals surface area contributed by atoms with Crippen LogP contribution in [0, 0.1) is 5.92 Å². The van der Waals surface area contributed by atoms with Gasteiger partial charge in [-0.15, -0.1) is 0 Å². The lowest BCUT2D eigenvalue weighted by Gasteiger charge is -2.00. The van der Waals surface area contributed by atoms with Crippen molar-refractivity contribution in [3.63, 3.8) is 0 Å². The minimum atomic E-state index is -0.201. The summed E-state index contributed by atoms with van der Waals surface area (Å²) >= 11 is 0. The maximum atomic E-state index is 11.0. The Balaban J connectivity index is 1.86. The molecule has 3 rings (SSSR count). The molecular weight excluding hydrogens is 194 g/mol. The molecule has 4 nitrogen and oxygen atoms in total. The van der Waals surface area contributed by atoms with Crippen molar-refractivity contribution in [3.05, 3.63) is 29.3 Å². The van der Waals surface area contributed by atoms with Crippen LogP contribution in [0.3, 0.4) is 0 Å². The SMILES string of the molecule is NC(=O)C1CC1c1ccc2c(c1)COO2. The van der Waals surface area contributed by atoms with E-state index in [9.17, 15) is 4.79 Å². The minimum Gasteiger partial charge on any atom is -0.369 e. The van der Waals surface area contributed by atoms with Gasteiger partial charge in [-0.3, -0.25) is 4.79 Å². The lowest BCUT2D eigenvalue weighted by molar-refractivity contribution is -0.194. The van der Waals surface area contributed by atoms with E-state index in [1.54, 1.807) is 0 Å². The summed E-state index contributed by atoms with van der Waals surface area (Å²) in [5.41, 5.74) is 7.45. The maximum Gasteiger partial charge on any atom is 0.221 e. The van der Waals surface area contributed by atoms with Crippen molar-refractivity contribution in [2.24, 2.45) is 11.7 Å². The zero-order chi connectivity index (χ0) is 10.4. The van der Waals surface area contributed by atoms with E-state index in [1.807, 2.05) is 18.2 Å². The average Bonchev–Trinajstić information content (AvgIpc) is 2.89. The molecule has 1 fully saturated rings. The zero-order valence-corrected chi connectivity index (χ0v) is 8.10. The third-order valence-corrected chi connectivity index (χ3v) is 3.03. The molecule has 0 bridgehead atoms. The van der Waals surface area contributed by atoms with Crippen LogP contribution >= 0.6 is 0 Å². The Morgan fingerprint density at radius 3 is 3.07 bits per heavy atom. The summed E-state index contributed by atoms with van der Waals surface area (Å²) in [6, 6.07) is 5.89. The lowest BCUT2D eigenvalue weighted by Crippen LogP contribution is -2.13. The van der Waals surface area contributed by atoms with Crippen LogP contribution in [0.25, 0.3) is 0 Å². The fourth-order valence-electron chi connectivity index (χ4n) is 2.06. The molecule has 0 radical (unpaired) electrons. The van der Waals surface area contributed by atoms with Crippen molar-refractivity contribution in [2.45, 2.75) is 18.9 Å². The predicted octanol–water partition coefficient (Wildman–Crippen LogP) is 1.10. The zero-order valence-electron chi connectivity index (χ0n) is 8.10. The number of benzene rings is 1. The first-order valence-corrected chi connectivity index (χ1v) is 4.97. The van der Waals surface area contributed by atoms with Gasteiger partial charge in [-0.05, 0) is 30.0 Å². The summed E-state index contributed by atoms with van der Waals surface area (Å²) in [7, 11) is 0. The van der Waals surface area contributed by atoms with E-state index >= 15 is 0 Å². The first-order chi connectivity index (χ1) is 7.25. The molecule has 2 atom stereocenters. The fraction of sp³-hybridized carbons (Fsp3) is 0.364. The van der Waals surface area contributed by atoms with Crippen molar-refractivity contribution in [1.29, 1.82) is 0 Å². The number of hydrogen-bond donors (Lipinski definition) is 1. The van der Waals surface area contributed by atoms with Crippen LogP contribution in [-0.4, -0.2) is 5.91 Å². The van der Waals surface area contributed by atoms with Crippen LogP contribution < -0.4 is 10.6 Å². The van der Waals surface area contributed by atoms with Gasteiger partial charge in [-0.1, -0.05) is 6.07 Å². The molecule has 0 saturated heterocycles. The number of primary amides is 1. The van der Waals surface area contributed by atoms with E-state index < -0.39 is 0 Å². The van der Waals surface area contributed by atoms with Gasteiger partial charge in [0.15, 0.2) is 5.75 Å². The summed E-state index contributed by atoms with van der Waals surface area (Å²) in [6.45, 7) is 0.483. The molecule has 15 heavy (non-hydrogen) atoms. The molecule has 0 aromatic heterocycles. The maximum absolute atomic E-state index is 11.0. The van der Waals surface area contributed by atoms with Crippen LogP contribution in [-0.2, 0) is 16.3 Å². The molecule has 2 aliphatic rings. The Labute approximate surface area is 86.9 Å². The van der Waals surface area contributed by atoms with E-state index in [1.165, 1.54) is 0 Å². The number of rotatable bonds is 2. The summed E-state index contributed by atoms with van der Waals surface area (Å²) in [5, 5.41) is 0. The van der Waals surface area contributed by atoms with Crippen LogP contribution in [0.2, 0.25) is 0 Å². The third-order valence-electron chi connectivity index (χ3n) is 3.03. The van der Waals surface area contributed by atoms with Gasteiger partial charge in [0.05, 0.1) is 0 Å². The van der Waals surface area contributed by atoms with Gasteiger partial charge in [0.25, 0.3) is 0 Å². The molecule has 1 aliphatic carbocycles. The van der Waals surface area contributed by atoms with Gasteiger partial charge >= 0.3 is 0 Å². The van der Waals surface area contributed by atoms with Crippen LogP contribution in [0.5, 0.6) is 5.75 Å². The monoisotopic (exact) mass is 205 g/mol. The Morgan fingerprint density at radius 1 is 1.47 bits per heavy atom. The highest BCUT2D eigenvalue weighted by molar-refractivity contribution is 5.81. The molecule has 1 aromatic carbocycles. The number of hydrogen-bond acceptors (Lipinski definition) is 3. The number of fused-ring (bicyclic) bond motifs is 1. The minimum absolute atomic E-state index is 0.0197. The van der Waals surface area contributed by atoms with Crippen molar-refractivity contribution in [2.75, 3.05) is 0 Å². The highest BCUT2D eigenvalue weighted by Gasteiger charge is 2.43. The second-order valence-corrected chi connectivity index (χ2v) is 4.06. The summed E-state index contributed by atoms with van der Waals surface area (Å²) < 4.78 is 0. The van der Waals surface area contributed by atoms with Crippen molar-refractivity contribution < 1.29 is 14.6 Å². The second kappa shape index (κ2) is 2.97. The molecule has 1 saturated carbocycles. The molecule has 1 heterocycles. The first kappa shape index (κ1) is 8.73. The molecule has 0 spiro atoms. The highest BCUT2D eigenvalue weighted by atomic mass is 17.2. The van der Waals surface area contributed by atoms with E-state index in [2.05, 4.69) is 0 Å². The van der Waals surface area contributed by atoms with Gasteiger partial charge in [-0.25, -0.2) is 0 Å². The van der Waals surface area contributed by atoms with Crippen LogP contribution in [0.4, 0.5) is 0 Å². The molecule has 78 valence electrons. The van der Waals surface area contributed by atoms with E-state index in [0.29, 0.717) is 12.5 Å². The topological polar surface area (TPSA) is 61.6 Å². The largest absolute Gasteiger partial charge is 0.369 e. The second-order valence-electron chi connectivity index (χ2n) is 4.06. The smallest absolute Gasteiger partial charge is 0.221 e. The summed E-state index contributed by atoms with van der Waals surface area (Å²) in [4.78, 5) is 20.7. The molecule has 4 heteroatoms. The highest BCUT2D eigenvalue weighted by Crippen LogP contribution is 2.48. The van der Waals surface area contributed by atoms with Crippen molar-refractivity contribution >= 4 is 5.91 Å². The van der Waals surface area contributed by atoms with Crippen LogP contribution in [0.15, 0.2) is 18.2 Å². The normalized spacial score (nSPS) is 26.9. The van der Waals surface area contributed by atoms with Gasteiger partial charge in [0.2, 0.25) is 5.91 Å². The molecule has 2 N–H and O–H groups in total. The Hall–Kier alpha value is -1.55. The number of nitrogens with two attached hydrogens (primary N) is 1. The van der Waals surface area contributed by atoms with Crippen molar-refractivity contribution in [1.82, 2.24) is 0 Å². The van der Waals surface area contributed by atoms with E-state index in [0.717, 1.165) is 23.3 Å². The summed E-state index contributed by atoms with van der Waals surface area (Å²) in [6.07, 6.45) is 0.871. The molecule has 1 amide bonds. The molecule has 1 aromatic rings. The quantitative estimate of drug-likeness (QED) is 0.735. The van der Waals surface area contributed by atoms with E-state index in [4.69, 9.17) is 15.5 Å². The predicted molar refractivity (Wildman–Crippen MR) is 51.9 cm³/mol.